The monoisotopic (exact) mass is 327 g/mol. The molecule has 3 nitrogen and oxygen atoms in total. The maximum absolute atomic E-state index is 5.96. The fraction of sp³-hybridized carbons (Fsp3) is 0.308. The van der Waals surface area contributed by atoms with Crippen LogP contribution >= 0.6 is 27.5 Å². The van der Waals surface area contributed by atoms with E-state index >= 15 is 0 Å². The lowest BCUT2D eigenvalue weighted by atomic mass is 10.1. The lowest BCUT2D eigenvalue weighted by Gasteiger charge is -2.11. The number of benzene rings is 1. The van der Waals surface area contributed by atoms with E-state index in [0.29, 0.717) is 11.7 Å². The number of aryl methyl sites for hydroxylation is 1. The third-order valence-electron chi connectivity index (χ3n) is 2.91. The minimum atomic E-state index is 0.651. The van der Waals surface area contributed by atoms with Crippen molar-refractivity contribution in [1.82, 2.24) is 9.55 Å². The molecule has 2 aromatic rings. The molecule has 0 atom stereocenters. The maximum Gasteiger partial charge on any atom is 0.128 e. The van der Waals surface area contributed by atoms with E-state index in [2.05, 4.69) is 45.3 Å². The summed E-state index contributed by atoms with van der Waals surface area (Å²) in [5.41, 5.74) is 2.42. The molecule has 0 bridgehead atoms. The van der Waals surface area contributed by atoms with Crippen LogP contribution in [-0.2, 0) is 20.0 Å². The van der Waals surface area contributed by atoms with Crippen LogP contribution in [0.5, 0.6) is 0 Å². The molecule has 0 aliphatic rings. The van der Waals surface area contributed by atoms with Crippen LogP contribution in [0.15, 0.2) is 28.9 Å². The molecule has 1 aromatic heterocycles. The van der Waals surface area contributed by atoms with Gasteiger partial charge in [0.2, 0.25) is 0 Å². The van der Waals surface area contributed by atoms with E-state index in [4.69, 9.17) is 11.6 Å². The molecule has 0 aliphatic heterocycles. The van der Waals surface area contributed by atoms with Crippen LogP contribution in [0.3, 0.4) is 0 Å². The Labute approximate surface area is 120 Å². The van der Waals surface area contributed by atoms with Gasteiger partial charge in [-0.2, -0.15) is 0 Å². The predicted octanol–water partition coefficient (Wildman–Crippen LogP) is 4.01. The van der Waals surface area contributed by atoms with Crippen molar-refractivity contribution in [2.75, 3.05) is 5.32 Å². The summed E-state index contributed by atoms with van der Waals surface area (Å²) in [7, 11) is 1.91. The lowest BCUT2D eigenvalue weighted by Crippen LogP contribution is -2.07. The second kappa shape index (κ2) is 5.76. The van der Waals surface area contributed by atoms with Crippen molar-refractivity contribution >= 4 is 33.2 Å². The summed E-state index contributed by atoms with van der Waals surface area (Å²) in [5, 5.41) is 4.05. The van der Waals surface area contributed by atoms with Crippen LogP contribution in [0, 0.1) is 0 Å². The number of nitrogens with zero attached hydrogens (tertiary/aromatic N) is 2. The molecule has 2 rings (SSSR count). The predicted molar refractivity (Wildman–Crippen MR) is 79.1 cm³/mol. The number of hydrogen-bond acceptors (Lipinski definition) is 2. The van der Waals surface area contributed by atoms with Crippen molar-refractivity contribution in [3.63, 3.8) is 0 Å². The molecule has 96 valence electrons. The normalized spacial score (nSPS) is 10.7. The van der Waals surface area contributed by atoms with E-state index in [1.807, 2.05) is 17.7 Å². The first-order valence-electron chi connectivity index (χ1n) is 5.80. The van der Waals surface area contributed by atoms with Gasteiger partial charge in [0.25, 0.3) is 0 Å². The minimum absolute atomic E-state index is 0.651. The first-order chi connectivity index (χ1) is 8.61. The molecule has 0 saturated carbocycles. The number of halogens is 2. The van der Waals surface area contributed by atoms with E-state index < -0.39 is 0 Å². The van der Waals surface area contributed by atoms with Gasteiger partial charge >= 0.3 is 0 Å². The zero-order valence-corrected chi connectivity index (χ0v) is 12.7. The zero-order chi connectivity index (χ0) is 13.1. The Balaban J connectivity index is 2.13. The molecule has 0 fully saturated rings. The maximum atomic E-state index is 5.96. The minimum Gasteiger partial charge on any atom is -0.378 e. The molecule has 0 unspecified atom stereocenters. The molecule has 0 amide bonds. The Morgan fingerprint density at radius 1 is 1.44 bits per heavy atom. The molecule has 1 aromatic carbocycles. The Hall–Kier alpha value is -1.00. The number of imidazole rings is 1. The Kier molecular flexibility index (Phi) is 4.30. The quantitative estimate of drug-likeness (QED) is 0.919. The average molecular weight is 329 g/mol. The second-order valence-corrected chi connectivity index (χ2v) is 5.37. The third-order valence-corrected chi connectivity index (χ3v) is 3.76. The van der Waals surface area contributed by atoms with Gasteiger partial charge in [-0.1, -0.05) is 34.5 Å². The van der Waals surface area contributed by atoms with Crippen molar-refractivity contribution < 1.29 is 0 Å². The zero-order valence-electron chi connectivity index (χ0n) is 10.4. The number of aromatic nitrogens is 2. The standard InChI is InChI=1S/C13H15BrClN3/c1-3-9-6-10(14)4-5-11(9)16-8-13-17-7-12(15)18(13)2/h4-7,16H,3,8H2,1-2H3. The van der Waals surface area contributed by atoms with Crippen LogP contribution in [0.1, 0.15) is 18.3 Å². The van der Waals surface area contributed by atoms with E-state index in [1.54, 1.807) is 6.20 Å². The van der Waals surface area contributed by atoms with Gasteiger partial charge < -0.3 is 9.88 Å². The highest BCUT2D eigenvalue weighted by molar-refractivity contribution is 9.10. The smallest absolute Gasteiger partial charge is 0.128 e. The number of nitrogens with one attached hydrogen (secondary N) is 1. The largest absolute Gasteiger partial charge is 0.378 e. The number of anilines is 1. The fourth-order valence-electron chi connectivity index (χ4n) is 1.79. The van der Waals surface area contributed by atoms with Crippen LogP contribution < -0.4 is 5.32 Å². The molecule has 1 N–H and O–H groups in total. The van der Waals surface area contributed by atoms with Gasteiger partial charge in [0, 0.05) is 17.2 Å². The molecule has 1 heterocycles. The first kappa shape index (κ1) is 13.4. The molecular weight excluding hydrogens is 314 g/mol. The summed E-state index contributed by atoms with van der Waals surface area (Å²) in [4.78, 5) is 4.26. The van der Waals surface area contributed by atoms with Crippen molar-refractivity contribution in [1.29, 1.82) is 0 Å². The van der Waals surface area contributed by atoms with Crippen LogP contribution in [0.4, 0.5) is 5.69 Å². The molecule has 0 aliphatic carbocycles. The van der Waals surface area contributed by atoms with Crippen molar-refractivity contribution in [3.05, 3.63) is 45.4 Å². The lowest BCUT2D eigenvalue weighted by molar-refractivity contribution is 0.812. The molecule has 0 spiro atoms. The summed E-state index contributed by atoms with van der Waals surface area (Å²) in [5.74, 6) is 0.921. The molecule has 18 heavy (non-hydrogen) atoms. The van der Waals surface area contributed by atoms with Gasteiger partial charge in [0.15, 0.2) is 0 Å². The third kappa shape index (κ3) is 2.87. The van der Waals surface area contributed by atoms with Crippen LogP contribution in [-0.4, -0.2) is 9.55 Å². The van der Waals surface area contributed by atoms with Crippen molar-refractivity contribution in [2.45, 2.75) is 19.9 Å². The highest BCUT2D eigenvalue weighted by atomic mass is 79.9. The summed E-state index contributed by atoms with van der Waals surface area (Å²) in [6, 6.07) is 6.24. The highest BCUT2D eigenvalue weighted by Crippen LogP contribution is 2.22. The Morgan fingerprint density at radius 3 is 2.83 bits per heavy atom. The topological polar surface area (TPSA) is 29.9 Å². The van der Waals surface area contributed by atoms with E-state index in [9.17, 15) is 0 Å². The molecule has 5 heteroatoms. The molecule has 0 radical (unpaired) electrons. The molecule has 0 saturated heterocycles. The average Bonchev–Trinajstić information content (AvgIpc) is 2.68. The van der Waals surface area contributed by atoms with Crippen LogP contribution in [0.2, 0.25) is 5.15 Å². The van der Waals surface area contributed by atoms with E-state index in [1.165, 1.54) is 5.56 Å². The summed E-state index contributed by atoms with van der Waals surface area (Å²) >= 11 is 9.44. The first-order valence-corrected chi connectivity index (χ1v) is 6.97. The van der Waals surface area contributed by atoms with E-state index in [0.717, 1.165) is 22.4 Å². The second-order valence-electron chi connectivity index (χ2n) is 4.06. The number of hydrogen-bond donors (Lipinski definition) is 1. The van der Waals surface area contributed by atoms with Gasteiger partial charge in [-0.3, -0.25) is 0 Å². The summed E-state index contributed by atoms with van der Waals surface area (Å²) in [6.45, 7) is 2.81. The van der Waals surface area contributed by atoms with Gasteiger partial charge in [0.1, 0.15) is 11.0 Å². The molecular formula is C13H15BrClN3. The Bertz CT molecular complexity index is 551. The Morgan fingerprint density at radius 2 is 2.22 bits per heavy atom. The van der Waals surface area contributed by atoms with Crippen molar-refractivity contribution in [3.8, 4) is 0 Å². The van der Waals surface area contributed by atoms with Gasteiger partial charge in [0.05, 0.1) is 12.7 Å². The van der Waals surface area contributed by atoms with E-state index in [-0.39, 0.29) is 0 Å². The van der Waals surface area contributed by atoms with Gasteiger partial charge in [-0.15, -0.1) is 0 Å². The van der Waals surface area contributed by atoms with Gasteiger partial charge in [-0.05, 0) is 30.2 Å². The summed E-state index contributed by atoms with van der Waals surface area (Å²) in [6.07, 6.45) is 2.66. The number of rotatable bonds is 4. The summed E-state index contributed by atoms with van der Waals surface area (Å²) < 4.78 is 2.98. The SMILES string of the molecule is CCc1cc(Br)ccc1NCc1ncc(Cl)n1C. The fourth-order valence-corrected chi connectivity index (χ4v) is 2.34. The van der Waals surface area contributed by atoms with Crippen molar-refractivity contribution in [2.24, 2.45) is 7.05 Å². The van der Waals surface area contributed by atoms with Gasteiger partial charge in [-0.25, -0.2) is 4.98 Å². The highest BCUT2D eigenvalue weighted by Gasteiger charge is 2.06. The van der Waals surface area contributed by atoms with Crippen LogP contribution in [0.25, 0.3) is 0 Å².